The van der Waals surface area contributed by atoms with E-state index in [1.165, 1.54) is 24.8 Å². The molecular weight excluding hydrogens is 512 g/mol. The number of aliphatic carboxylic acids is 1. The average Bonchev–Trinajstić information content (AvgIpc) is 2.89. The van der Waals surface area contributed by atoms with Crippen LogP contribution in [0.2, 0.25) is 0 Å². The van der Waals surface area contributed by atoms with Crippen LogP contribution in [0.1, 0.15) is 132 Å². The van der Waals surface area contributed by atoms with Crippen molar-refractivity contribution < 1.29 is 24.2 Å². The Balaban J connectivity index is 1.52. The average molecular weight is 569 g/mol. The first kappa shape index (κ1) is 30.8. The quantitative estimate of drug-likeness (QED) is 0.257. The second-order valence-corrected chi connectivity index (χ2v) is 16.4. The third-order valence-corrected chi connectivity index (χ3v) is 14.5. The minimum Gasteiger partial charge on any atom is -0.481 e. The van der Waals surface area contributed by atoms with Crippen molar-refractivity contribution in [3.05, 3.63) is 11.6 Å². The van der Waals surface area contributed by atoms with Gasteiger partial charge in [-0.3, -0.25) is 14.4 Å². The van der Waals surface area contributed by atoms with E-state index in [2.05, 4.69) is 54.5 Å². The van der Waals surface area contributed by atoms with Crippen LogP contribution in [0.15, 0.2) is 11.6 Å². The fraction of sp³-hybridized carbons (Fsp3) is 0.861. The Bertz CT molecular complexity index is 1130. The SMILES string of the molecule is CCCCCC(=O)O[C@@H]1CC[C@@]2(C)C(CC[C@]3(C)C2C(=O)C=C2C4[C@@H](C)[C@H](C)CC[C@]4(C)CC[C@]23C)[C@@]1(C)C(=O)O. The number of ether oxygens (including phenoxy) is 1. The predicted octanol–water partition coefficient (Wildman–Crippen LogP) is 8.40. The number of ketones is 1. The van der Waals surface area contributed by atoms with Gasteiger partial charge in [-0.15, -0.1) is 0 Å². The molecule has 11 atom stereocenters. The number of fused-ring (bicyclic) bond motifs is 7. The third kappa shape index (κ3) is 4.24. The molecule has 0 aromatic carbocycles. The van der Waals surface area contributed by atoms with E-state index in [0.717, 1.165) is 38.5 Å². The normalized spacial score (nSPS) is 49.1. The third-order valence-electron chi connectivity index (χ3n) is 14.5. The molecule has 0 radical (unpaired) electrons. The molecule has 0 amide bonds. The van der Waals surface area contributed by atoms with Crippen LogP contribution in [0.4, 0.5) is 0 Å². The Morgan fingerprint density at radius 3 is 2.32 bits per heavy atom. The second-order valence-electron chi connectivity index (χ2n) is 16.4. The van der Waals surface area contributed by atoms with Gasteiger partial charge < -0.3 is 9.84 Å². The zero-order valence-electron chi connectivity index (χ0n) is 27.1. The van der Waals surface area contributed by atoms with E-state index in [1.54, 1.807) is 6.92 Å². The highest BCUT2D eigenvalue weighted by Gasteiger charge is 2.72. The van der Waals surface area contributed by atoms with Crippen molar-refractivity contribution in [2.24, 2.45) is 56.7 Å². The summed E-state index contributed by atoms with van der Waals surface area (Å²) in [5.74, 6) is 0.246. The van der Waals surface area contributed by atoms with Gasteiger partial charge in [-0.25, -0.2) is 0 Å². The zero-order valence-corrected chi connectivity index (χ0v) is 27.1. The van der Waals surface area contributed by atoms with E-state index in [0.29, 0.717) is 37.0 Å². The number of carboxylic acids is 1. The summed E-state index contributed by atoms with van der Waals surface area (Å²) in [6.45, 7) is 18.2. The molecular formula is C36H56O5. The number of unbranched alkanes of at least 4 members (excludes halogenated alkanes) is 2. The molecule has 0 aliphatic heterocycles. The number of carbonyl (C=O) groups excluding carboxylic acids is 2. The van der Waals surface area contributed by atoms with Crippen molar-refractivity contribution in [1.29, 1.82) is 0 Å². The molecule has 0 aromatic heterocycles. The Hall–Kier alpha value is -1.65. The zero-order chi connectivity index (χ0) is 30.2. The first-order valence-electron chi connectivity index (χ1n) is 16.8. The fourth-order valence-corrected chi connectivity index (χ4v) is 11.6. The summed E-state index contributed by atoms with van der Waals surface area (Å²) < 4.78 is 5.98. The first-order valence-corrected chi connectivity index (χ1v) is 16.8. The van der Waals surface area contributed by atoms with Crippen LogP contribution in [0.5, 0.6) is 0 Å². The monoisotopic (exact) mass is 568 g/mol. The van der Waals surface area contributed by atoms with Crippen molar-refractivity contribution in [3.63, 3.8) is 0 Å². The van der Waals surface area contributed by atoms with Crippen LogP contribution in [0, 0.1) is 56.7 Å². The van der Waals surface area contributed by atoms with Crippen LogP contribution >= 0.6 is 0 Å². The van der Waals surface area contributed by atoms with Gasteiger partial charge in [0.15, 0.2) is 5.78 Å². The highest BCUT2D eigenvalue weighted by atomic mass is 16.5. The fourth-order valence-electron chi connectivity index (χ4n) is 11.6. The van der Waals surface area contributed by atoms with E-state index < -0.39 is 22.9 Å². The lowest BCUT2D eigenvalue weighted by Crippen LogP contribution is -2.68. The molecule has 0 heterocycles. The molecule has 5 aliphatic rings. The number of esters is 1. The van der Waals surface area contributed by atoms with E-state index in [4.69, 9.17) is 4.74 Å². The second kappa shape index (κ2) is 10.2. The summed E-state index contributed by atoms with van der Waals surface area (Å²) in [5, 5.41) is 10.7. The van der Waals surface area contributed by atoms with Gasteiger partial charge in [-0.1, -0.05) is 66.9 Å². The largest absolute Gasteiger partial charge is 0.481 e. The molecule has 5 aliphatic carbocycles. The molecule has 0 saturated heterocycles. The lowest BCUT2D eigenvalue weighted by molar-refractivity contribution is -0.221. The summed E-state index contributed by atoms with van der Waals surface area (Å²) in [6.07, 6.45) is 12.1. The standard InChI is InChI=1S/C36H56O5/c1-9-10-11-12-28(38)41-27-15-17-33(5)26(36(27,8)31(39)40)14-18-35(7)30(33)25(37)21-24-29-23(3)22(2)13-16-32(29,4)19-20-34(24,35)6/h21-23,26-27,29-30H,9-20H2,1-8H3,(H,39,40)/t22-,23+,26?,27-,29?,30?,32-,33+,34-,35-,36-/m1/s1. The Morgan fingerprint density at radius 2 is 1.66 bits per heavy atom. The Kier molecular flexibility index (Phi) is 7.68. The minimum absolute atomic E-state index is 0.0722. The van der Waals surface area contributed by atoms with Gasteiger partial charge in [-0.2, -0.15) is 0 Å². The Labute approximate surface area is 248 Å². The number of carboxylic acid groups (broad SMARTS) is 1. The maximum atomic E-state index is 14.5. The summed E-state index contributed by atoms with van der Waals surface area (Å²) in [5.41, 5.74) is -0.297. The van der Waals surface area contributed by atoms with E-state index >= 15 is 0 Å². The van der Waals surface area contributed by atoms with Crippen molar-refractivity contribution in [2.45, 2.75) is 139 Å². The van der Waals surface area contributed by atoms with Crippen LogP contribution in [0.25, 0.3) is 0 Å². The topological polar surface area (TPSA) is 80.7 Å². The number of rotatable bonds is 6. The highest BCUT2D eigenvalue weighted by molar-refractivity contribution is 5.96. The lowest BCUT2D eigenvalue weighted by Gasteiger charge is -2.70. The van der Waals surface area contributed by atoms with Gasteiger partial charge in [0.25, 0.3) is 0 Å². The summed E-state index contributed by atoms with van der Waals surface area (Å²) in [4.78, 5) is 40.4. The van der Waals surface area contributed by atoms with E-state index in [9.17, 15) is 19.5 Å². The minimum atomic E-state index is -1.21. The smallest absolute Gasteiger partial charge is 0.313 e. The van der Waals surface area contributed by atoms with Gasteiger partial charge in [-0.05, 0) is 116 Å². The molecule has 0 aromatic rings. The van der Waals surface area contributed by atoms with E-state index in [1.807, 2.05) is 0 Å². The number of carbonyl (C=O) groups is 3. The van der Waals surface area contributed by atoms with Crippen molar-refractivity contribution in [2.75, 3.05) is 0 Å². The molecule has 0 spiro atoms. The van der Waals surface area contributed by atoms with Gasteiger partial charge >= 0.3 is 11.9 Å². The van der Waals surface area contributed by atoms with Gasteiger partial charge in [0, 0.05) is 12.3 Å². The summed E-state index contributed by atoms with van der Waals surface area (Å²) in [7, 11) is 0. The van der Waals surface area contributed by atoms with Crippen LogP contribution in [-0.4, -0.2) is 28.9 Å². The van der Waals surface area contributed by atoms with Crippen molar-refractivity contribution in [1.82, 2.24) is 0 Å². The number of allylic oxidation sites excluding steroid dienone is 2. The van der Waals surface area contributed by atoms with Crippen LogP contribution in [0.3, 0.4) is 0 Å². The molecule has 0 bridgehead atoms. The molecule has 4 fully saturated rings. The molecule has 5 heteroatoms. The molecule has 41 heavy (non-hydrogen) atoms. The van der Waals surface area contributed by atoms with Gasteiger partial charge in [0.2, 0.25) is 0 Å². The Morgan fingerprint density at radius 1 is 0.951 bits per heavy atom. The first-order chi connectivity index (χ1) is 19.1. The molecule has 5 rings (SSSR count). The van der Waals surface area contributed by atoms with Crippen molar-refractivity contribution in [3.8, 4) is 0 Å². The molecule has 230 valence electrons. The van der Waals surface area contributed by atoms with E-state index in [-0.39, 0.29) is 39.8 Å². The van der Waals surface area contributed by atoms with Crippen LogP contribution in [-0.2, 0) is 19.1 Å². The predicted molar refractivity (Wildman–Crippen MR) is 161 cm³/mol. The molecule has 3 unspecified atom stereocenters. The molecule has 1 N–H and O–H groups in total. The number of hydrogen-bond acceptors (Lipinski definition) is 4. The van der Waals surface area contributed by atoms with Crippen LogP contribution < -0.4 is 0 Å². The van der Waals surface area contributed by atoms with Crippen molar-refractivity contribution >= 4 is 17.7 Å². The van der Waals surface area contributed by atoms with Gasteiger partial charge in [0.1, 0.15) is 11.5 Å². The summed E-state index contributed by atoms with van der Waals surface area (Å²) in [6, 6.07) is 0. The lowest BCUT2D eigenvalue weighted by atomic mass is 9.33. The maximum absolute atomic E-state index is 14.5. The highest BCUT2D eigenvalue weighted by Crippen LogP contribution is 2.75. The summed E-state index contributed by atoms with van der Waals surface area (Å²) >= 11 is 0. The maximum Gasteiger partial charge on any atom is 0.313 e. The molecule has 5 nitrogen and oxygen atoms in total. The van der Waals surface area contributed by atoms with Gasteiger partial charge in [0.05, 0.1) is 0 Å². The number of hydrogen-bond donors (Lipinski definition) is 1. The molecule has 4 saturated carbocycles.